The van der Waals surface area contributed by atoms with E-state index in [4.69, 9.17) is 14.5 Å². The first kappa shape index (κ1) is 19.8. The number of ether oxygens (including phenoxy) is 2. The Morgan fingerprint density at radius 1 is 1.13 bits per heavy atom. The summed E-state index contributed by atoms with van der Waals surface area (Å²) in [4.78, 5) is 8.88. The van der Waals surface area contributed by atoms with Gasteiger partial charge in [0.05, 0.1) is 26.1 Å². The lowest BCUT2D eigenvalue weighted by Crippen LogP contribution is -2.33. The third-order valence-corrected chi connectivity index (χ3v) is 4.90. The van der Waals surface area contributed by atoms with Crippen molar-refractivity contribution in [1.82, 2.24) is 14.9 Å². The average molecular weight is 406 g/mol. The van der Waals surface area contributed by atoms with Gasteiger partial charge in [-0.15, -0.1) is 0 Å². The zero-order valence-electron chi connectivity index (χ0n) is 17.2. The molecule has 7 heteroatoms. The number of nitrogens with zero attached hydrogens (tertiary/aromatic N) is 3. The molecule has 2 heterocycles. The molecule has 0 radical (unpaired) electrons. The number of hydrogen-bond acceptors (Lipinski definition) is 4. The van der Waals surface area contributed by atoms with E-state index in [9.17, 15) is 0 Å². The minimum absolute atomic E-state index is 0.595. The summed E-state index contributed by atoms with van der Waals surface area (Å²) in [6, 6.07) is 14.2. The van der Waals surface area contributed by atoms with Crippen LogP contribution in [0.4, 0.5) is 5.69 Å². The fraction of sp³-hybridized carbons (Fsp3) is 0.304. The highest BCUT2D eigenvalue weighted by molar-refractivity contribution is 5.94. The Bertz CT molecular complexity index is 985. The van der Waals surface area contributed by atoms with Crippen LogP contribution in [0, 0.1) is 6.92 Å². The number of rotatable bonds is 6. The molecular weight excluding hydrogens is 378 g/mol. The highest BCUT2D eigenvalue weighted by Gasteiger charge is 2.11. The molecule has 1 aromatic heterocycles. The average Bonchev–Trinajstić information content (AvgIpc) is 3.16. The molecule has 0 amide bonds. The number of nitrogens with one attached hydrogen (secondary N) is 2. The molecule has 3 aromatic rings. The molecule has 0 saturated carbocycles. The van der Waals surface area contributed by atoms with E-state index in [0.717, 1.165) is 36.7 Å². The Balaban J connectivity index is 1.48. The summed E-state index contributed by atoms with van der Waals surface area (Å²) in [5.74, 6) is 2.26. The van der Waals surface area contributed by atoms with Gasteiger partial charge in [-0.3, -0.25) is 0 Å². The number of imidazole rings is 1. The van der Waals surface area contributed by atoms with Crippen molar-refractivity contribution in [3.05, 3.63) is 72.3 Å². The van der Waals surface area contributed by atoms with Crippen molar-refractivity contribution in [2.24, 2.45) is 4.99 Å². The summed E-state index contributed by atoms with van der Waals surface area (Å²) < 4.78 is 13.6. The van der Waals surface area contributed by atoms with E-state index in [1.165, 1.54) is 11.1 Å². The predicted octanol–water partition coefficient (Wildman–Crippen LogP) is 3.61. The van der Waals surface area contributed by atoms with Crippen LogP contribution in [0.3, 0.4) is 0 Å². The van der Waals surface area contributed by atoms with Gasteiger partial charge in [0.1, 0.15) is 0 Å². The molecule has 1 aliphatic rings. The van der Waals surface area contributed by atoms with E-state index in [1.807, 2.05) is 47.4 Å². The number of aliphatic imine (C=N–C) groups is 1. The van der Waals surface area contributed by atoms with Crippen LogP contribution >= 0.6 is 0 Å². The number of benzene rings is 2. The molecule has 1 aliphatic heterocycles. The van der Waals surface area contributed by atoms with Crippen LogP contribution in [0.25, 0.3) is 0 Å². The van der Waals surface area contributed by atoms with Crippen molar-refractivity contribution in [3.8, 4) is 11.5 Å². The van der Waals surface area contributed by atoms with E-state index in [2.05, 4.69) is 34.7 Å². The van der Waals surface area contributed by atoms with Gasteiger partial charge in [-0.25, -0.2) is 9.98 Å². The van der Waals surface area contributed by atoms with Gasteiger partial charge in [-0.05, 0) is 30.2 Å². The van der Waals surface area contributed by atoms with Gasteiger partial charge in [0.2, 0.25) is 0 Å². The maximum absolute atomic E-state index is 5.81. The summed E-state index contributed by atoms with van der Waals surface area (Å²) >= 11 is 0. The third kappa shape index (κ3) is 5.31. The van der Waals surface area contributed by atoms with Crippen molar-refractivity contribution >= 4 is 11.6 Å². The topological polar surface area (TPSA) is 72.7 Å². The molecule has 2 N–H and O–H groups in total. The second kappa shape index (κ2) is 9.82. The molecule has 0 aliphatic carbocycles. The number of aryl methyl sites for hydroxylation is 1. The van der Waals surface area contributed by atoms with Crippen LogP contribution in [-0.2, 0) is 13.1 Å². The summed E-state index contributed by atoms with van der Waals surface area (Å²) in [6.45, 7) is 5.56. The summed E-state index contributed by atoms with van der Waals surface area (Å²) in [6.07, 6.45) is 6.42. The number of fused-ring (bicyclic) bond motifs is 1. The molecule has 0 fully saturated rings. The largest absolute Gasteiger partial charge is 0.490 e. The van der Waals surface area contributed by atoms with Crippen LogP contribution in [0.15, 0.2) is 66.2 Å². The molecule has 30 heavy (non-hydrogen) atoms. The number of hydrogen-bond donors (Lipinski definition) is 2. The van der Waals surface area contributed by atoms with Crippen molar-refractivity contribution in [2.45, 2.75) is 26.4 Å². The lowest BCUT2D eigenvalue weighted by Gasteiger charge is -2.15. The zero-order valence-corrected chi connectivity index (χ0v) is 17.2. The normalized spacial score (nSPS) is 13.6. The van der Waals surface area contributed by atoms with Crippen molar-refractivity contribution in [2.75, 3.05) is 25.1 Å². The number of anilines is 1. The van der Waals surface area contributed by atoms with Gasteiger partial charge >= 0.3 is 0 Å². The van der Waals surface area contributed by atoms with Gasteiger partial charge < -0.3 is 24.7 Å². The van der Waals surface area contributed by atoms with Crippen LogP contribution < -0.4 is 20.1 Å². The first-order valence-corrected chi connectivity index (χ1v) is 10.2. The van der Waals surface area contributed by atoms with Gasteiger partial charge in [0.15, 0.2) is 17.5 Å². The Kier molecular flexibility index (Phi) is 6.49. The van der Waals surface area contributed by atoms with Crippen LogP contribution in [-0.4, -0.2) is 35.3 Å². The molecule has 0 unspecified atom stereocenters. The fourth-order valence-electron chi connectivity index (χ4n) is 3.19. The van der Waals surface area contributed by atoms with E-state index >= 15 is 0 Å². The van der Waals surface area contributed by atoms with Crippen LogP contribution in [0.5, 0.6) is 11.5 Å². The van der Waals surface area contributed by atoms with Gasteiger partial charge in [-0.2, -0.15) is 0 Å². The molecule has 0 saturated heterocycles. The summed E-state index contributed by atoms with van der Waals surface area (Å²) in [7, 11) is 0. The van der Waals surface area contributed by atoms with Crippen LogP contribution in [0.1, 0.15) is 17.5 Å². The Hall–Kier alpha value is -3.48. The second-order valence-electron chi connectivity index (χ2n) is 7.16. The van der Waals surface area contributed by atoms with E-state index < -0.39 is 0 Å². The third-order valence-electron chi connectivity index (χ3n) is 4.90. The molecular formula is C23H27N5O2. The molecule has 4 rings (SSSR count). The van der Waals surface area contributed by atoms with Crippen molar-refractivity contribution < 1.29 is 9.47 Å². The molecule has 7 nitrogen and oxygen atoms in total. The summed E-state index contributed by atoms with van der Waals surface area (Å²) in [5.41, 5.74) is 3.33. The number of guanidine groups is 1. The molecule has 0 atom stereocenters. The monoisotopic (exact) mass is 405 g/mol. The van der Waals surface area contributed by atoms with Gasteiger partial charge in [0.25, 0.3) is 0 Å². The van der Waals surface area contributed by atoms with E-state index in [-0.39, 0.29) is 0 Å². The van der Waals surface area contributed by atoms with Crippen molar-refractivity contribution in [3.63, 3.8) is 0 Å². The van der Waals surface area contributed by atoms with Gasteiger partial charge in [-0.1, -0.05) is 24.3 Å². The second-order valence-corrected chi connectivity index (χ2v) is 7.16. The maximum Gasteiger partial charge on any atom is 0.196 e. The molecule has 0 spiro atoms. The Labute approximate surface area is 176 Å². The molecule has 2 aromatic carbocycles. The minimum atomic E-state index is 0.595. The van der Waals surface area contributed by atoms with Crippen molar-refractivity contribution in [1.29, 1.82) is 0 Å². The Morgan fingerprint density at radius 3 is 2.83 bits per heavy atom. The predicted molar refractivity (Wildman–Crippen MR) is 118 cm³/mol. The van der Waals surface area contributed by atoms with Crippen LogP contribution in [0.2, 0.25) is 0 Å². The maximum atomic E-state index is 5.81. The Morgan fingerprint density at radius 2 is 2.00 bits per heavy atom. The number of aromatic nitrogens is 2. The lowest BCUT2D eigenvalue weighted by atomic mass is 10.1. The SMILES string of the molecule is Cc1ccccc1CN=C(NCCn1ccnc1)Nc1ccc2c(c1)OCCCO2. The van der Waals surface area contributed by atoms with Gasteiger partial charge in [0, 0.05) is 43.7 Å². The quantitative estimate of drug-likeness (QED) is 0.484. The lowest BCUT2D eigenvalue weighted by molar-refractivity contribution is 0.297. The first-order chi connectivity index (χ1) is 14.8. The molecule has 0 bridgehead atoms. The first-order valence-electron chi connectivity index (χ1n) is 10.2. The smallest absolute Gasteiger partial charge is 0.196 e. The fourth-order valence-corrected chi connectivity index (χ4v) is 3.19. The molecule has 156 valence electrons. The van der Waals surface area contributed by atoms with E-state index in [0.29, 0.717) is 25.7 Å². The highest BCUT2D eigenvalue weighted by Crippen LogP contribution is 2.32. The summed E-state index contributed by atoms with van der Waals surface area (Å²) in [5, 5.41) is 6.80. The standard InChI is InChI=1S/C23H27N5O2/c1-18-5-2-3-6-19(18)16-26-23(25-10-12-28-11-9-24-17-28)27-20-7-8-21-22(15-20)30-14-4-13-29-21/h2-3,5-9,11,15,17H,4,10,12-14,16H2,1H3,(H2,25,26,27). The highest BCUT2D eigenvalue weighted by atomic mass is 16.5. The zero-order chi connectivity index (χ0) is 20.6. The van der Waals surface area contributed by atoms with E-state index in [1.54, 1.807) is 6.20 Å². The minimum Gasteiger partial charge on any atom is -0.490 e.